The molecule has 2 aromatic carbocycles. The van der Waals surface area contributed by atoms with E-state index in [1.54, 1.807) is 41.2 Å². The summed E-state index contributed by atoms with van der Waals surface area (Å²) in [5.74, 6) is 1.52. The maximum Gasteiger partial charge on any atom is 0.324 e. The molecule has 43 heavy (non-hydrogen) atoms. The van der Waals surface area contributed by atoms with Crippen LogP contribution in [-0.2, 0) is 14.9 Å². The van der Waals surface area contributed by atoms with Crippen LogP contribution in [0.4, 0.5) is 22.1 Å². The van der Waals surface area contributed by atoms with Gasteiger partial charge in [-0.05, 0) is 49.4 Å². The number of pyridine rings is 2. The number of ether oxygens (including phenoxy) is 2. The third-order valence-corrected chi connectivity index (χ3v) is 6.48. The highest BCUT2D eigenvalue weighted by Gasteiger charge is 2.22. The Labute approximate surface area is 249 Å². The number of nitrogens with zero attached hydrogens (tertiary/aromatic N) is 4. The van der Waals surface area contributed by atoms with Gasteiger partial charge in [0, 0.05) is 42.4 Å². The summed E-state index contributed by atoms with van der Waals surface area (Å²) < 4.78 is 12.7. The summed E-state index contributed by atoms with van der Waals surface area (Å²) in [6, 6.07) is 19.8. The maximum atomic E-state index is 13.3. The van der Waals surface area contributed by atoms with E-state index >= 15 is 0 Å². The van der Waals surface area contributed by atoms with Gasteiger partial charge in [-0.25, -0.2) is 14.5 Å². The van der Waals surface area contributed by atoms with E-state index in [2.05, 4.69) is 46.7 Å². The van der Waals surface area contributed by atoms with E-state index in [1.165, 1.54) is 13.3 Å². The Balaban J connectivity index is 1.38. The summed E-state index contributed by atoms with van der Waals surface area (Å²) in [7, 11) is 1.44. The van der Waals surface area contributed by atoms with Gasteiger partial charge in [-0.15, -0.1) is 0 Å². The van der Waals surface area contributed by atoms with Crippen LogP contribution >= 0.6 is 0 Å². The molecule has 0 radical (unpaired) electrons. The Morgan fingerprint density at radius 1 is 0.907 bits per heavy atom. The van der Waals surface area contributed by atoms with E-state index in [4.69, 9.17) is 14.6 Å². The molecular weight excluding hydrogens is 546 g/mol. The molecule has 11 heteroatoms. The lowest BCUT2D eigenvalue weighted by Gasteiger charge is -2.14. The van der Waals surface area contributed by atoms with Crippen molar-refractivity contribution >= 4 is 40.2 Å². The minimum atomic E-state index is -0.445. The first-order valence-corrected chi connectivity index (χ1v) is 13.7. The number of fused-ring (bicyclic) bond motifs is 1. The Kier molecular flexibility index (Phi) is 8.35. The number of carbonyl (C=O) groups excluding carboxylic acids is 2. The summed E-state index contributed by atoms with van der Waals surface area (Å²) in [4.78, 5) is 33.8. The predicted octanol–water partition coefficient (Wildman–Crippen LogP) is 6.44. The number of hydrogen-bond acceptors (Lipinski definition) is 7. The second kappa shape index (κ2) is 12.3. The van der Waals surface area contributed by atoms with Crippen molar-refractivity contribution < 1.29 is 19.1 Å². The van der Waals surface area contributed by atoms with Crippen LogP contribution in [-0.4, -0.2) is 45.4 Å². The molecule has 3 aromatic heterocycles. The molecule has 0 saturated heterocycles. The van der Waals surface area contributed by atoms with Gasteiger partial charge in [-0.2, -0.15) is 5.10 Å². The normalized spacial score (nSPS) is 11.3. The molecule has 0 bridgehead atoms. The lowest BCUT2D eigenvalue weighted by atomic mass is 9.92. The molecule has 0 spiro atoms. The maximum absolute atomic E-state index is 13.3. The molecule has 0 aliphatic carbocycles. The summed E-state index contributed by atoms with van der Waals surface area (Å²) in [5.41, 5.74) is 3.63. The lowest BCUT2D eigenvalue weighted by Crippen LogP contribution is -2.21. The van der Waals surface area contributed by atoms with E-state index in [-0.39, 0.29) is 17.9 Å². The van der Waals surface area contributed by atoms with Crippen LogP contribution in [0.15, 0.2) is 79.1 Å². The summed E-state index contributed by atoms with van der Waals surface area (Å²) >= 11 is 0. The SMILES string of the molecule is COCC(=O)Nc1cc(Oc2ccc(NC(=O)Nc3cc(C(C)(C)C)nn3-c3ccc(C)cc3)c3ncccc23)ccn1. The second-order valence-corrected chi connectivity index (χ2v) is 11.0. The van der Waals surface area contributed by atoms with Crippen molar-refractivity contribution in [3.63, 3.8) is 0 Å². The third-order valence-electron chi connectivity index (χ3n) is 6.48. The highest BCUT2D eigenvalue weighted by molar-refractivity contribution is 6.06. The number of hydrogen-bond donors (Lipinski definition) is 3. The first-order valence-electron chi connectivity index (χ1n) is 13.7. The Morgan fingerprint density at radius 2 is 1.70 bits per heavy atom. The number of anilines is 3. The number of aryl methyl sites for hydroxylation is 1. The van der Waals surface area contributed by atoms with Gasteiger partial charge in [0.25, 0.3) is 5.91 Å². The molecule has 0 atom stereocenters. The number of methoxy groups -OCH3 is 1. The molecule has 3 heterocycles. The summed E-state index contributed by atoms with van der Waals surface area (Å²) in [5, 5.41) is 14.0. The molecule has 0 aliphatic heterocycles. The molecule has 0 saturated carbocycles. The molecule has 0 fully saturated rings. The largest absolute Gasteiger partial charge is 0.456 e. The van der Waals surface area contributed by atoms with Crippen LogP contribution in [0.5, 0.6) is 11.5 Å². The zero-order valence-corrected chi connectivity index (χ0v) is 24.6. The van der Waals surface area contributed by atoms with Crippen LogP contribution in [0, 0.1) is 6.92 Å². The van der Waals surface area contributed by atoms with Crippen molar-refractivity contribution in [2.45, 2.75) is 33.1 Å². The van der Waals surface area contributed by atoms with Gasteiger partial charge < -0.3 is 20.1 Å². The third kappa shape index (κ3) is 6.96. The predicted molar refractivity (Wildman–Crippen MR) is 166 cm³/mol. The highest BCUT2D eigenvalue weighted by Crippen LogP contribution is 2.34. The first-order chi connectivity index (χ1) is 20.6. The molecule has 11 nitrogen and oxygen atoms in total. The van der Waals surface area contributed by atoms with Crippen molar-refractivity contribution in [1.82, 2.24) is 19.7 Å². The molecule has 5 rings (SSSR count). The number of amides is 3. The average molecular weight is 580 g/mol. The molecule has 3 amide bonds. The van der Waals surface area contributed by atoms with E-state index in [0.717, 1.165) is 16.9 Å². The van der Waals surface area contributed by atoms with Gasteiger partial charge in [0.15, 0.2) is 0 Å². The van der Waals surface area contributed by atoms with E-state index in [0.29, 0.717) is 39.7 Å². The summed E-state index contributed by atoms with van der Waals surface area (Å²) in [6.07, 6.45) is 3.18. The van der Waals surface area contributed by atoms with Crippen molar-refractivity contribution in [1.29, 1.82) is 0 Å². The molecule has 0 unspecified atom stereocenters. The topological polar surface area (TPSA) is 132 Å². The van der Waals surface area contributed by atoms with Crippen LogP contribution in [0.2, 0.25) is 0 Å². The van der Waals surface area contributed by atoms with Crippen LogP contribution in [0.1, 0.15) is 32.0 Å². The smallest absolute Gasteiger partial charge is 0.324 e. The second-order valence-electron chi connectivity index (χ2n) is 11.0. The quantitative estimate of drug-likeness (QED) is 0.193. The zero-order chi connectivity index (χ0) is 30.6. The number of rotatable bonds is 8. The van der Waals surface area contributed by atoms with Gasteiger partial charge in [0.2, 0.25) is 0 Å². The molecular formula is C32H33N7O4. The van der Waals surface area contributed by atoms with Gasteiger partial charge in [0.1, 0.15) is 29.7 Å². The number of urea groups is 1. The van der Waals surface area contributed by atoms with Crippen LogP contribution in [0.3, 0.4) is 0 Å². The lowest BCUT2D eigenvalue weighted by molar-refractivity contribution is -0.119. The fourth-order valence-electron chi connectivity index (χ4n) is 4.31. The van der Waals surface area contributed by atoms with Crippen LogP contribution in [0.25, 0.3) is 16.6 Å². The number of carbonyl (C=O) groups is 2. The van der Waals surface area contributed by atoms with Crippen molar-refractivity contribution in [2.24, 2.45) is 0 Å². The zero-order valence-electron chi connectivity index (χ0n) is 24.6. The van der Waals surface area contributed by atoms with Crippen molar-refractivity contribution in [3.05, 3.63) is 90.4 Å². The number of aromatic nitrogens is 4. The Hall–Kier alpha value is -5.29. The average Bonchev–Trinajstić information content (AvgIpc) is 3.39. The van der Waals surface area contributed by atoms with Crippen molar-refractivity contribution in [2.75, 3.05) is 29.7 Å². The number of nitrogens with one attached hydrogen (secondary N) is 3. The highest BCUT2D eigenvalue weighted by atomic mass is 16.5. The molecule has 220 valence electrons. The first kappa shape index (κ1) is 29.2. The van der Waals surface area contributed by atoms with Gasteiger partial charge in [-0.1, -0.05) is 38.5 Å². The Morgan fingerprint density at radius 3 is 2.44 bits per heavy atom. The molecule has 5 aromatic rings. The minimum absolute atomic E-state index is 0.0862. The van der Waals surface area contributed by atoms with E-state index in [1.807, 2.05) is 43.3 Å². The van der Waals surface area contributed by atoms with Crippen LogP contribution < -0.4 is 20.7 Å². The standard InChI is InChI=1S/C32H33N7O4/c1-20-8-10-21(11-9-20)39-28(18-26(38-39)32(2,3)4)37-31(41)35-24-12-13-25(23-7-6-15-34-30(23)24)43-22-14-16-33-27(17-22)36-29(40)19-42-5/h6-18H,19H2,1-5H3,(H,33,36,40)(H2,35,37,41). The molecule has 3 N–H and O–H groups in total. The van der Waals surface area contributed by atoms with Crippen molar-refractivity contribution in [3.8, 4) is 17.2 Å². The fourth-order valence-corrected chi connectivity index (χ4v) is 4.31. The van der Waals surface area contributed by atoms with Gasteiger partial charge in [0.05, 0.1) is 22.6 Å². The van der Waals surface area contributed by atoms with Gasteiger partial charge >= 0.3 is 6.03 Å². The molecule has 0 aliphatic rings. The monoisotopic (exact) mass is 579 g/mol. The van der Waals surface area contributed by atoms with E-state index in [9.17, 15) is 9.59 Å². The van der Waals surface area contributed by atoms with E-state index < -0.39 is 6.03 Å². The number of benzene rings is 2. The summed E-state index contributed by atoms with van der Waals surface area (Å²) in [6.45, 7) is 8.16. The van der Waals surface area contributed by atoms with Gasteiger partial charge in [-0.3, -0.25) is 15.1 Å². The minimum Gasteiger partial charge on any atom is -0.456 e. The Bertz CT molecular complexity index is 1780. The fraction of sp³-hybridized carbons (Fsp3) is 0.219.